The lowest BCUT2D eigenvalue weighted by Gasteiger charge is -2.34. The van der Waals surface area contributed by atoms with Crippen LogP contribution in [0.3, 0.4) is 0 Å². The molecule has 2 amide bonds. The van der Waals surface area contributed by atoms with E-state index >= 15 is 0 Å². The fourth-order valence-electron chi connectivity index (χ4n) is 4.60. The summed E-state index contributed by atoms with van der Waals surface area (Å²) in [6.07, 6.45) is 2.16. The molecule has 2 heterocycles. The molecule has 0 bridgehead atoms. The van der Waals surface area contributed by atoms with E-state index < -0.39 is 6.04 Å². The van der Waals surface area contributed by atoms with Crippen LogP contribution < -0.4 is 15.0 Å². The van der Waals surface area contributed by atoms with Crippen LogP contribution in [0.15, 0.2) is 72.8 Å². The van der Waals surface area contributed by atoms with Crippen LogP contribution >= 0.6 is 0 Å². The summed E-state index contributed by atoms with van der Waals surface area (Å²) in [6, 6.07) is 22.7. The molecule has 1 unspecified atom stereocenters. The zero-order valence-electron chi connectivity index (χ0n) is 19.9. The number of carbonyl (C=O) groups excluding carboxylic acids is 2. The van der Waals surface area contributed by atoms with Gasteiger partial charge in [-0.15, -0.1) is 0 Å². The van der Waals surface area contributed by atoms with E-state index in [1.165, 1.54) is 5.56 Å². The highest BCUT2D eigenvalue weighted by Crippen LogP contribution is 2.33. The van der Waals surface area contributed by atoms with E-state index in [0.29, 0.717) is 23.5 Å². The van der Waals surface area contributed by atoms with Gasteiger partial charge in [-0.25, -0.2) is 4.98 Å². The molecule has 1 N–H and O–H groups in total. The van der Waals surface area contributed by atoms with Gasteiger partial charge in [0.25, 0.3) is 5.91 Å². The number of fused-ring (bicyclic) bond motifs is 2. The molecule has 35 heavy (non-hydrogen) atoms. The van der Waals surface area contributed by atoms with E-state index in [4.69, 9.17) is 9.72 Å². The lowest BCUT2D eigenvalue weighted by atomic mass is 10.1. The second-order valence-electron chi connectivity index (χ2n) is 8.71. The maximum atomic E-state index is 13.2. The van der Waals surface area contributed by atoms with Crippen LogP contribution in [0.2, 0.25) is 0 Å². The molecule has 178 valence electrons. The number of benzene rings is 3. The Morgan fingerprint density at radius 2 is 1.77 bits per heavy atom. The average Bonchev–Trinajstić information content (AvgIpc) is 3.21. The Morgan fingerprint density at radius 3 is 2.54 bits per heavy atom. The van der Waals surface area contributed by atoms with E-state index in [9.17, 15) is 9.59 Å². The maximum Gasteiger partial charge on any atom is 0.265 e. The zero-order chi connectivity index (χ0) is 24.4. The Labute approximate surface area is 204 Å². The first kappa shape index (κ1) is 22.7. The number of imidazole rings is 1. The average molecular weight is 469 g/mol. The first-order valence-corrected chi connectivity index (χ1v) is 11.9. The number of para-hydroxylation sites is 4. The SMILES string of the molecule is CCC(C(=O)Nc1ccc(CCc2nc3ccccc3n2C)cc1)N1C(=O)COc2ccccc21. The van der Waals surface area contributed by atoms with Gasteiger partial charge in [0.05, 0.1) is 16.7 Å². The van der Waals surface area contributed by atoms with Crippen molar-refractivity contribution in [2.45, 2.75) is 32.2 Å². The molecule has 7 nitrogen and oxygen atoms in total. The minimum Gasteiger partial charge on any atom is -0.482 e. The van der Waals surface area contributed by atoms with Gasteiger partial charge < -0.3 is 14.6 Å². The summed E-state index contributed by atoms with van der Waals surface area (Å²) in [7, 11) is 2.05. The van der Waals surface area contributed by atoms with Crippen molar-refractivity contribution in [2.24, 2.45) is 7.05 Å². The molecule has 0 aliphatic carbocycles. The molecular formula is C28H28N4O3. The summed E-state index contributed by atoms with van der Waals surface area (Å²) in [6.45, 7) is 1.83. The van der Waals surface area contributed by atoms with Crippen LogP contribution in [0.25, 0.3) is 11.0 Å². The van der Waals surface area contributed by atoms with Gasteiger partial charge in [-0.05, 0) is 54.8 Å². The Morgan fingerprint density at radius 1 is 1.03 bits per heavy atom. The molecule has 0 saturated carbocycles. The fraction of sp³-hybridized carbons (Fsp3) is 0.250. The number of rotatable bonds is 7. The highest BCUT2D eigenvalue weighted by atomic mass is 16.5. The molecule has 1 atom stereocenters. The fourth-order valence-corrected chi connectivity index (χ4v) is 4.60. The molecule has 0 fully saturated rings. The molecular weight excluding hydrogens is 440 g/mol. The summed E-state index contributed by atoms with van der Waals surface area (Å²) >= 11 is 0. The van der Waals surface area contributed by atoms with Crippen LogP contribution in [-0.4, -0.2) is 34.0 Å². The van der Waals surface area contributed by atoms with Crippen molar-refractivity contribution in [3.63, 3.8) is 0 Å². The van der Waals surface area contributed by atoms with Crippen LogP contribution in [0.5, 0.6) is 5.75 Å². The summed E-state index contributed by atoms with van der Waals surface area (Å²) < 4.78 is 7.66. The normalized spacial score (nSPS) is 13.9. The molecule has 1 aliphatic rings. The predicted octanol–water partition coefficient (Wildman–Crippen LogP) is 4.50. The number of hydrogen-bond donors (Lipinski definition) is 1. The number of carbonyl (C=O) groups is 2. The maximum absolute atomic E-state index is 13.2. The highest BCUT2D eigenvalue weighted by molar-refractivity contribution is 6.07. The quantitative estimate of drug-likeness (QED) is 0.433. The van der Waals surface area contributed by atoms with Crippen LogP contribution in [0.4, 0.5) is 11.4 Å². The molecule has 3 aromatic carbocycles. The highest BCUT2D eigenvalue weighted by Gasteiger charge is 2.34. The van der Waals surface area contributed by atoms with E-state index in [2.05, 4.69) is 16.0 Å². The standard InChI is InChI=1S/C28H28N4O3/c1-3-22(32-24-10-6-7-11-25(24)35-18-27(32)33)28(34)29-20-15-12-19(13-16-20)14-17-26-30-21-8-4-5-9-23(21)31(26)2/h4-13,15-16,22H,3,14,17-18H2,1-2H3,(H,29,34). The van der Waals surface area contributed by atoms with Gasteiger partial charge in [-0.2, -0.15) is 0 Å². The van der Waals surface area contributed by atoms with Gasteiger partial charge in [0.15, 0.2) is 6.61 Å². The number of aryl methyl sites for hydroxylation is 3. The van der Waals surface area contributed by atoms with E-state index in [1.807, 2.05) is 80.7 Å². The van der Waals surface area contributed by atoms with Crippen LogP contribution in [0.1, 0.15) is 24.7 Å². The number of hydrogen-bond acceptors (Lipinski definition) is 4. The molecule has 0 spiro atoms. The van der Waals surface area contributed by atoms with E-state index in [-0.39, 0.29) is 18.4 Å². The largest absolute Gasteiger partial charge is 0.482 e. The Hall–Kier alpha value is -4.13. The minimum atomic E-state index is -0.621. The van der Waals surface area contributed by atoms with Crippen molar-refractivity contribution in [2.75, 3.05) is 16.8 Å². The van der Waals surface area contributed by atoms with Gasteiger partial charge in [-0.3, -0.25) is 14.5 Å². The smallest absolute Gasteiger partial charge is 0.265 e. The number of aromatic nitrogens is 2. The predicted molar refractivity (Wildman–Crippen MR) is 137 cm³/mol. The van der Waals surface area contributed by atoms with Crippen LogP contribution in [-0.2, 0) is 29.5 Å². The number of nitrogens with zero attached hydrogens (tertiary/aromatic N) is 3. The van der Waals surface area contributed by atoms with Gasteiger partial charge in [0, 0.05) is 19.2 Å². The molecule has 1 aliphatic heterocycles. The third-order valence-electron chi connectivity index (χ3n) is 6.48. The van der Waals surface area contributed by atoms with E-state index in [1.54, 1.807) is 4.90 Å². The first-order valence-electron chi connectivity index (χ1n) is 11.9. The number of amides is 2. The third-order valence-corrected chi connectivity index (χ3v) is 6.48. The van der Waals surface area contributed by atoms with Gasteiger partial charge in [-0.1, -0.05) is 43.3 Å². The lowest BCUT2D eigenvalue weighted by Crippen LogP contribution is -2.51. The molecule has 1 aromatic heterocycles. The van der Waals surface area contributed by atoms with E-state index in [0.717, 1.165) is 29.7 Å². The third kappa shape index (κ3) is 4.49. The molecule has 5 rings (SSSR count). The summed E-state index contributed by atoms with van der Waals surface area (Å²) in [5, 5.41) is 2.98. The summed E-state index contributed by atoms with van der Waals surface area (Å²) in [4.78, 5) is 32.1. The number of nitrogens with one attached hydrogen (secondary N) is 1. The Bertz CT molecular complexity index is 1380. The summed E-state index contributed by atoms with van der Waals surface area (Å²) in [5.41, 5.74) is 4.64. The number of anilines is 2. The van der Waals surface area contributed by atoms with Crippen LogP contribution in [0, 0.1) is 0 Å². The zero-order valence-corrected chi connectivity index (χ0v) is 19.9. The Balaban J connectivity index is 1.25. The second-order valence-corrected chi connectivity index (χ2v) is 8.71. The molecule has 0 radical (unpaired) electrons. The van der Waals surface area contributed by atoms with Crippen molar-refractivity contribution in [1.29, 1.82) is 0 Å². The molecule has 0 saturated heterocycles. The molecule has 7 heteroatoms. The van der Waals surface area contributed by atoms with Gasteiger partial charge in [0.2, 0.25) is 5.91 Å². The van der Waals surface area contributed by atoms with Crippen molar-refractivity contribution in [1.82, 2.24) is 9.55 Å². The topological polar surface area (TPSA) is 76.5 Å². The van der Waals surface area contributed by atoms with Crippen molar-refractivity contribution >= 4 is 34.2 Å². The van der Waals surface area contributed by atoms with Gasteiger partial charge in [0.1, 0.15) is 17.6 Å². The minimum absolute atomic E-state index is 0.0684. The van der Waals surface area contributed by atoms with Crippen molar-refractivity contribution < 1.29 is 14.3 Å². The Kier molecular flexibility index (Phi) is 6.23. The monoisotopic (exact) mass is 468 g/mol. The molecule has 4 aromatic rings. The van der Waals surface area contributed by atoms with Crippen molar-refractivity contribution in [3.05, 3.63) is 84.2 Å². The first-order chi connectivity index (χ1) is 17.0. The second kappa shape index (κ2) is 9.62. The number of ether oxygens (including phenoxy) is 1. The lowest BCUT2D eigenvalue weighted by molar-refractivity contribution is -0.125. The van der Waals surface area contributed by atoms with Crippen molar-refractivity contribution in [3.8, 4) is 5.75 Å². The van der Waals surface area contributed by atoms with Gasteiger partial charge >= 0.3 is 0 Å². The summed E-state index contributed by atoms with van der Waals surface area (Å²) in [5.74, 6) is 1.22.